The van der Waals surface area contributed by atoms with Crippen LogP contribution in [0.25, 0.3) is 6.08 Å². The lowest BCUT2D eigenvalue weighted by Gasteiger charge is -2.03. The van der Waals surface area contributed by atoms with E-state index in [1.54, 1.807) is 11.3 Å². The third kappa shape index (κ3) is 3.82. The molecule has 0 aliphatic heterocycles. The molecule has 3 heteroatoms. The van der Waals surface area contributed by atoms with Gasteiger partial charge in [0.05, 0.1) is 4.34 Å². The summed E-state index contributed by atoms with van der Waals surface area (Å²) in [6.45, 7) is 6.29. The summed E-state index contributed by atoms with van der Waals surface area (Å²) in [5.41, 5.74) is 1.42. The molecular formula is C11H16ClNS. The second-order valence-electron chi connectivity index (χ2n) is 3.08. The van der Waals surface area contributed by atoms with Gasteiger partial charge in [-0.25, -0.2) is 0 Å². The molecule has 1 N–H and O–H groups in total. The summed E-state index contributed by atoms with van der Waals surface area (Å²) >= 11 is 7.49. The zero-order valence-corrected chi connectivity index (χ0v) is 10.2. The molecule has 0 aliphatic rings. The fraction of sp³-hybridized carbons (Fsp3) is 0.455. The Morgan fingerprint density at radius 3 is 2.79 bits per heavy atom. The molecule has 1 nitrogen and oxygen atoms in total. The Balaban J connectivity index is 2.63. The summed E-state index contributed by atoms with van der Waals surface area (Å²) in [4.78, 5) is 1.24. The van der Waals surface area contributed by atoms with Crippen molar-refractivity contribution in [3.05, 3.63) is 26.9 Å². The number of hydrogen-bond donors (Lipinski definition) is 1. The normalized spacial score (nSPS) is 12.1. The molecule has 0 bridgehead atoms. The molecule has 0 atom stereocenters. The maximum Gasteiger partial charge on any atom is 0.0934 e. The molecule has 0 aliphatic carbocycles. The molecule has 0 spiro atoms. The predicted octanol–water partition coefficient (Wildman–Crippen LogP) is 3.80. The van der Waals surface area contributed by atoms with E-state index in [1.165, 1.54) is 10.5 Å². The standard InChI is InChI=1S/C11H16ClNS/c1-3-9(8-13-4-2)7-10-5-6-11(12)14-10/h5-7,13H,3-4,8H2,1-2H3. The van der Waals surface area contributed by atoms with E-state index in [4.69, 9.17) is 11.6 Å². The van der Waals surface area contributed by atoms with Crippen molar-refractivity contribution in [3.63, 3.8) is 0 Å². The van der Waals surface area contributed by atoms with E-state index in [0.29, 0.717) is 0 Å². The van der Waals surface area contributed by atoms with Crippen LogP contribution in [0.4, 0.5) is 0 Å². The van der Waals surface area contributed by atoms with E-state index in [1.807, 2.05) is 6.07 Å². The fourth-order valence-electron chi connectivity index (χ4n) is 1.17. The first-order valence-electron chi connectivity index (χ1n) is 4.91. The summed E-state index contributed by atoms with van der Waals surface area (Å²) < 4.78 is 0.857. The Hall–Kier alpha value is -0.310. The lowest BCUT2D eigenvalue weighted by molar-refractivity contribution is 0.762. The van der Waals surface area contributed by atoms with Gasteiger partial charge in [0.2, 0.25) is 0 Å². The van der Waals surface area contributed by atoms with E-state index >= 15 is 0 Å². The van der Waals surface area contributed by atoms with Crippen LogP contribution in [0.1, 0.15) is 25.1 Å². The molecule has 1 aromatic rings. The average Bonchev–Trinajstić information content (AvgIpc) is 2.58. The van der Waals surface area contributed by atoms with Crippen molar-refractivity contribution < 1.29 is 0 Å². The van der Waals surface area contributed by atoms with E-state index in [9.17, 15) is 0 Å². The van der Waals surface area contributed by atoms with Crippen molar-refractivity contribution in [1.82, 2.24) is 5.32 Å². The highest BCUT2D eigenvalue weighted by molar-refractivity contribution is 7.17. The van der Waals surface area contributed by atoms with Crippen molar-refractivity contribution in [2.75, 3.05) is 13.1 Å². The molecule has 1 heterocycles. The Kier molecular flexibility index (Phi) is 5.23. The molecule has 0 aromatic carbocycles. The highest BCUT2D eigenvalue weighted by Crippen LogP contribution is 2.23. The number of hydrogen-bond acceptors (Lipinski definition) is 2. The number of nitrogens with one attached hydrogen (secondary N) is 1. The molecule has 1 aromatic heterocycles. The van der Waals surface area contributed by atoms with Gasteiger partial charge in [-0.3, -0.25) is 0 Å². The topological polar surface area (TPSA) is 12.0 Å². The second-order valence-corrected chi connectivity index (χ2v) is 4.83. The van der Waals surface area contributed by atoms with Crippen molar-refractivity contribution in [2.45, 2.75) is 20.3 Å². The van der Waals surface area contributed by atoms with Crippen molar-refractivity contribution in [3.8, 4) is 0 Å². The van der Waals surface area contributed by atoms with Gasteiger partial charge >= 0.3 is 0 Å². The first-order valence-corrected chi connectivity index (χ1v) is 6.11. The second kappa shape index (κ2) is 6.23. The monoisotopic (exact) mass is 229 g/mol. The molecule has 14 heavy (non-hydrogen) atoms. The lowest BCUT2D eigenvalue weighted by Crippen LogP contribution is -2.15. The number of rotatable bonds is 5. The Bertz CT molecular complexity index is 304. The maximum absolute atomic E-state index is 5.87. The highest BCUT2D eigenvalue weighted by atomic mass is 35.5. The number of likely N-dealkylation sites (N-methyl/N-ethyl adjacent to an activating group) is 1. The van der Waals surface area contributed by atoms with Crippen molar-refractivity contribution in [2.24, 2.45) is 0 Å². The molecule has 0 fully saturated rings. The molecule has 1 rings (SSSR count). The van der Waals surface area contributed by atoms with Gasteiger partial charge in [0.1, 0.15) is 0 Å². The van der Waals surface area contributed by atoms with E-state index in [-0.39, 0.29) is 0 Å². The summed E-state index contributed by atoms with van der Waals surface area (Å²) in [6.07, 6.45) is 3.31. The molecular weight excluding hydrogens is 214 g/mol. The van der Waals surface area contributed by atoms with Gasteiger partial charge in [-0.15, -0.1) is 11.3 Å². The molecule has 78 valence electrons. The van der Waals surface area contributed by atoms with Crippen molar-refractivity contribution in [1.29, 1.82) is 0 Å². The molecule has 0 radical (unpaired) electrons. The van der Waals surface area contributed by atoms with Crippen molar-refractivity contribution >= 4 is 29.0 Å². The van der Waals surface area contributed by atoms with Gasteiger partial charge in [-0.05, 0) is 31.2 Å². The zero-order chi connectivity index (χ0) is 10.4. The van der Waals surface area contributed by atoms with Crippen LogP contribution in [0.5, 0.6) is 0 Å². The minimum absolute atomic E-state index is 0.857. The van der Waals surface area contributed by atoms with E-state index < -0.39 is 0 Å². The van der Waals surface area contributed by atoms with Gasteiger partial charge in [0.25, 0.3) is 0 Å². The largest absolute Gasteiger partial charge is 0.313 e. The van der Waals surface area contributed by atoms with E-state index in [0.717, 1.165) is 23.8 Å². The van der Waals surface area contributed by atoms with Gasteiger partial charge < -0.3 is 5.32 Å². The third-order valence-corrected chi connectivity index (χ3v) is 3.17. The molecule has 0 unspecified atom stereocenters. The minimum atomic E-state index is 0.857. The van der Waals surface area contributed by atoms with Gasteiger partial charge in [0, 0.05) is 11.4 Å². The fourth-order valence-corrected chi connectivity index (χ4v) is 2.22. The first-order chi connectivity index (χ1) is 6.76. The molecule has 0 saturated carbocycles. The van der Waals surface area contributed by atoms with Crippen LogP contribution in [0, 0.1) is 0 Å². The average molecular weight is 230 g/mol. The van der Waals surface area contributed by atoms with Crippen LogP contribution in [0.3, 0.4) is 0 Å². The maximum atomic E-state index is 5.87. The molecule has 0 amide bonds. The minimum Gasteiger partial charge on any atom is -0.313 e. The number of halogens is 1. The zero-order valence-electron chi connectivity index (χ0n) is 8.64. The molecule has 0 saturated heterocycles. The van der Waals surface area contributed by atoms with Gasteiger partial charge in [-0.2, -0.15) is 0 Å². The summed E-state index contributed by atoms with van der Waals surface area (Å²) in [6, 6.07) is 4.01. The van der Waals surface area contributed by atoms with Crippen LogP contribution in [-0.4, -0.2) is 13.1 Å². The smallest absolute Gasteiger partial charge is 0.0934 e. The Labute approximate surface area is 94.8 Å². The summed E-state index contributed by atoms with van der Waals surface area (Å²) in [7, 11) is 0. The van der Waals surface area contributed by atoms with Crippen LogP contribution >= 0.6 is 22.9 Å². The quantitative estimate of drug-likeness (QED) is 0.810. The Morgan fingerprint density at radius 2 is 2.29 bits per heavy atom. The highest BCUT2D eigenvalue weighted by Gasteiger charge is 1.97. The third-order valence-electron chi connectivity index (χ3n) is 2.00. The van der Waals surface area contributed by atoms with Crippen LogP contribution in [0.15, 0.2) is 17.7 Å². The Morgan fingerprint density at radius 1 is 1.50 bits per heavy atom. The van der Waals surface area contributed by atoms with E-state index in [2.05, 4.69) is 31.3 Å². The lowest BCUT2D eigenvalue weighted by atomic mass is 10.2. The number of thiophene rings is 1. The SMILES string of the molecule is CCNCC(=Cc1ccc(Cl)s1)CC. The summed E-state index contributed by atoms with van der Waals surface area (Å²) in [5, 5.41) is 3.33. The predicted molar refractivity (Wildman–Crippen MR) is 66.1 cm³/mol. The first kappa shape index (κ1) is 11.8. The van der Waals surface area contributed by atoms with Crippen LogP contribution < -0.4 is 5.32 Å². The van der Waals surface area contributed by atoms with Crippen LogP contribution in [-0.2, 0) is 0 Å². The van der Waals surface area contributed by atoms with Gasteiger partial charge in [-0.1, -0.05) is 31.0 Å². The summed E-state index contributed by atoms with van der Waals surface area (Å²) in [5.74, 6) is 0. The van der Waals surface area contributed by atoms with Crippen LogP contribution in [0.2, 0.25) is 4.34 Å². The van der Waals surface area contributed by atoms with Gasteiger partial charge in [0.15, 0.2) is 0 Å².